The Morgan fingerprint density at radius 3 is 2.62 bits per heavy atom. The standard InChI is InChI=1S/C8H10BNO5S/c11-4-16(15)7-2-1-5(9(13)14)3-6(7)8(12)10-16/h1-3,11,13-14,16H,4H2,(H,10,12,15). The van der Waals surface area contributed by atoms with Crippen LogP contribution in [0.1, 0.15) is 10.4 Å². The lowest BCUT2D eigenvalue weighted by molar-refractivity contribution is 0.0985. The van der Waals surface area contributed by atoms with Crippen molar-refractivity contribution < 1.29 is 24.2 Å². The Kier molecular flexibility index (Phi) is 2.58. The van der Waals surface area contributed by atoms with Crippen LogP contribution in [0.4, 0.5) is 0 Å². The monoisotopic (exact) mass is 243 g/mol. The first-order valence-corrected chi connectivity index (χ1v) is 6.40. The fourth-order valence-electron chi connectivity index (χ4n) is 1.61. The third-order valence-electron chi connectivity index (χ3n) is 2.43. The molecule has 2 rings (SSSR count). The molecule has 0 saturated heterocycles. The zero-order valence-electron chi connectivity index (χ0n) is 8.12. The molecular weight excluding hydrogens is 233 g/mol. The van der Waals surface area contributed by atoms with Crippen LogP contribution in [0.25, 0.3) is 0 Å². The van der Waals surface area contributed by atoms with Crippen LogP contribution in [-0.2, 0) is 10.1 Å². The quantitative estimate of drug-likeness (QED) is 0.288. The Bertz CT molecular complexity index is 503. The van der Waals surface area contributed by atoms with Crippen molar-refractivity contribution in [3.63, 3.8) is 0 Å². The minimum absolute atomic E-state index is 0.114. The summed E-state index contributed by atoms with van der Waals surface area (Å²) in [7, 11) is -4.94. The summed E-state index contributed by atoms with van der Waals surface area (Å²) >= 11 is 0. The van der Waals surface area contributed by atoms with Crippen molar-refractivity contribution >= 4 is 28.6 Å². The lowest BCUT2D eigenvalue weighted by atomic mass is 9.79. The van der Waals surface area contributed by atoms with Crippen molar-refractivity contribution in [3.8, 4) is 0 Å². The molecule has 1 heterocycles. The van der Waals surface area contributed by atoms with Crippen LogP contribution in [0.3, 0.4) is 0 Å². The number of aliphatic hydroxyl groups excluding tert-OH is 1. The molecule has 0 bridgehead atoms. The Morgan fingerprint density at radius 1 is 1.38 bits per heavy atom. The van der Waals surface area contributed by atoms with Gasteiger partial charge in [0.25, 0.3) is 5.91 Å². The number of nitrogens with one attached hydrogen (secondary N) is 1. The van der Waals surface area contributed by atoms with E-state index in [4.69, 9.17) is 15.2 Å². The highest BCUT2D eigenvalue weighted by molar-refractivity contribution is 8.02. The first-order valence-electron chi connectivity index (χ1n) is 4.51. The van der Waals surface area contributed by atoms with Gasteiger partial charge in [0.2, 0.25) is 0 Å². The van der Waals surface area contributed by atoms with Crippen LogP contribution >= 0.6 is 0 Å². The van der Waals surface area contributed by atoms with E-state index < -0.39 is 29.1 Å². The number of benzene rings is 1. The van der Waals surface area contributed by atoms with Gasteiger partial charge in [0.05, 0.1) is 5.56 Å². The van der Waals surface area contributed by atoms with E-state index in [2.05, 4.69) is 4.72 Å². The maximum absolute atomic E-state index is 12.0. The van der Waals surface area contributed by atoms with Gasteiger partial charge in [-0.05, 0) is 17.6 Å². The molecule has 86 valence electrons. The third kappa shape index (κ3) is 1.56. The number of carbonyl (C=O) groups is 1. The minimum atomic E-state index is -3.25. The van der Waals surface area contributed by atoms with Gasteiger partial charge in [-0.1, -0.05) is 6.07 Å². The molecule has 1 aromatic carbocycles. The van der Waals surface area contributed by atoms with Crippen LogP contribution in [0.15, 0.2) is 23.1 Å². The van der Waals surface area contributed by atoms with Gasteiger partial charge < -0.3 is 15.2 Å². The summed E-state index contributed by atoms with van der Waals surface area (Å²) in [5.74, 6) is -1.22. The summed E-state index contributed by atoms with van der Waals surface area (Å²) < 4.78 is 14.2. The lowest BCUT2D eigenvalue weighted by Gasteiger charge is -2.15. The number of aliphatic hydroxyl groups is 1. The van der Waals surface area contributed by atoms with E-state index >= 15 is 0 Å². The number of carbonyl (C=O) groups excluding carboxylic acids is 1. The van der Waals surface area contributed by atoms with Gasteiger partial charge in [0.15, 0.2) is 0 Å². The van der Waals surface area contributed by atoms with Crippen molar-refractivity contribution in [2.45, 2.75) is 4.90 Å². The topological polar surface area (TPSA) is 107 Å². The summed E-state index contributed by atoms with van der Waals surface area (Å²) in [5.41, 5.74) is 0.253. The van der Waals surface area contributed by atoms with Crippen molar-refractivity contribution in [1.29, 1.82) is 0 Å². The van der Waals surface area contributed by atoms with Crippen molar-refractivity contribution in [2.75, 3.05) is 5.94 Å². The molecule has 1 aliphatic rings. The highest BCUT2D eigenvalue weighted by Crippen LogP contribution is 2.26. The molecule has 1 amide bonds. The molecule has 16 heavy (non-hydrogen) atoms. The number of thiol groups is 1. The molecule has 0 unspecified atom stereocenters. The largest absolute Gasteiger partial charge is 0.488 e. The molecule has 0 spiro atoms. The molecule has 0 aliphatic carbocycles. The minimum Gasteiger partial charge on any atom is -0.423 e. The average molecular weight is 243 g/mol. The van der Waals surface area contributed by atoms with Crippen LogP contribution in [0, 0.1) is 0 Å². The van der Waals surface area contributed by atoms with Crippen LogP contribution in [0.2, 0.25) is 0 Å². The first-order chi connectivity index (χ1) is 7.48. The molecule has 0 saturated carbocycles. The molecule has 0 radical (unpaired) electrons. The van der Waals surface area contributed by atoms with E-state index in [-0.39, 0.29) is 15.9 Å². The lowest BCUT2D eigenvalue weighted by Crippen LogP contribution is -2.31. The Hall–Kier alpha value is -1.22. The van der Waals surface area contributed by atoms with Gasteiger partial charge >= 0.3 is 7.12 Å². The van der Waals surface area contributed by atoms with Crippen molar-refractivity contribution in [3.05, 3.63) is 23.8 Å². The Labute approximate surface area is 92.6 Å². The van der Waals surface area contributed by atoms with Gasteiger partial charge in [0.1, 0.15) is 5.94 Å². The molecule has 6 nitrogen and oxygen atoms in total. The second-order valence-corrected chi connectivity index (χ2v) is 5.94. The molecule has 1 aromatic rings. The normalized spacial score (nSPS) is 18.8. The molecule has 0 fully saturated rings. The molecule has 0 aromatic heterocycles. The highest BCUT2D eigenvalue weighted by Gasteiger charge is 2.33. The number of rotatable bonds is 2. The van der Waals surface area contributed by atoms with Gasteiger partial charge in [-0.2, -0.15) is 0 Å². The molecule has 1 aliphatic heterocycles. The van der Waals surface area contributed by atoms with Gasteiger partial charge in [-0.15, -0.1) is 0 Å². The SMILES string of the molecule is O=C1N[SH](=O)(CO)c2ccc(B(O)O)cc21. The van der Waals surface area contributed by atoms with Gasteiger partial charge in [-0.3, -0.25) is 13.7 Å². The van der Waals surface area contributed by atoms with Crippen molar-refractivity contribution in [1.82, 2.24) is 4.72 Å². The molecular formula is C8H10BNO5S. The van der Waals surface area contributed by atoms with Gasteiger partial charge in [0, 0.05) is 15.0 Å². The van der Waals surface area contributed by atoms with E-state index in [1.165, 1.54) is 18.2 Å². The first kappa shape index (κ1) is 11.3. The number of fused-ring (bicyclic) bond motifs is 1. The van der Waals surface area contributed by atoms with Crippen molar-refractivity contribution in [2.24, 2.45) is 0 Å². The predicted octanol–water partition coefficient (Wildman–Crippen LogP) is -2.65. The summed E-state index contributed by atoms with van der Waals surface area (Å²) in [4.78, 5) is 11.7. The second-order valence-electron chi connectivity index (χ2n) is 3.47. The maximum Gasteiger partial charge on any atom is 0.488 e. The van der Waals surface area contributed by atoms with E-state index in [0.29, 0.717) is 0 Å². The molecule has 8 heteroatoms. The number of hydrogen-bond acceptors (Lipinski definition) is 5. The fourth-order valence-corrected chi connectivity index (χ4v) is 3.27. The Balaban J connectivity index is 2.58. The molecule has 0 atom stereocenters. The Morgan fingerprint density at radius 2 is 2.06 bits per heavy atom. The van der Waals surface area contributed by atoms with Crippen LogP contribution in [0.5, 0.6) is 0 Å². The summed E-state index contributed by atoms with van der Waals surface area (Å²) in [6, 6.07) is 3.97. The smallest absolute Gasteiger partial charge is 0.423 e. The summed E-state index contributed by atoms with van der Waals surface area (Å²) in [6.07, 6.45) is 0. The van der Waals surface area contributed by atoms with Crippen LogP contribution < -0.4 is 10.2 Å². The molecule has 4 N–H and O–H groups in total. The average Bonchev–Trinajstić information content (AvgIpc) is 2.52. The predicted molar refractivity (Wildman–Crippen MR) is 58.6 cm³/mol. The second kappa shape index (κ2) is 3.67. The maximum atomic E-state index is 12.0. The highest BCUT2D eigenvalue weighted by atomic mass is 32.3. The fraction of sp³-hybridized carbons (Fsp3) is 0.125. The van der Waals surface area contributed by atoms with E-state index in [0.717, 1.165) is 0 Å². The van der Waals surface area contributed by atoms with Crippen LogP contribution in [-0.4, -0.2) is 38.3 Å². The number of hydrogen-bond donors (Lipinski definition) is 5. The van der Waals surface area contributed by atoms with E-state index in [1.54, 1.807) is 0 Å². The summed E-state index contributed by atoms with van der Waals surface area (Å²) in [6.45, 7) is 0. The van der Waals surface area contributed by atoms with Gasteiger partial charge in [-0.25, -0.2) is 0 Å². The van der Waals surface area contributed by atoms with E-state index in [1.807, 2.05) is 0 Å². The zero-order chi connectivity index (χ0) is 11.9. The third-order valence-corrected chi connectivity index (χ3v) is 4.56. The zero-order valence-corrected chi connectivity index (χ0v) is 9.02. The number of amides is 1. The summed E-state index contributed by atoms with van der Waals surface area (Å²) in [5, 5.41) is 26.9. The van der Waals surface area contributed by atoms with E-state index in [9.17, 15) is 9.00 Å².